The number of aromatic hydroxyl groups is 1. The van der Waals surface area contributed by atoms with Crippen LogP contribution in [0.15, 0.2) is 18.2 Å². The fourth-order valence-electron chi connectivity index (χ4n) is 8.58. The lowest BCUT2D eigenvalue weighted by atomic mass is 9.53. The van der Waals surface area contributed by atoms with Crippen molar-refractivity contribution in [2.45, 2.75) is 135 Å². The van der Waals surface area contributed by atoms with Crippen LogP contribution in [0.2, 0.25) is 0 Å². The van der Waals surface area contributed by atoms with Crippen LogP contribution in [-0.4, -0.2) is 40.7 Å². The van der Waals surface area contributed by atoms with Gasteiger partial charge in [-0.15, -0.1) is 0 Å². The van der Waals surface area contributed by atoms with Crippen LogP contribution in [0.1, 0.15) is 134 Å². The summed E-state index contributed by atoms with van der Waals surface area (Å²) in [6.45, 7) is 5.46. The Morgan fingerprint density at radius 2 is 1.74 bits per heavy atom. The summed E-state index contributed by atoms with van der Waals surface area (Å²) in [6, 6.07) is 6.06. The van der Waals surface area contributed by atoms with Gasteiger partial charge in [0.2, 0.25) is 5.91 Å². The highest BCUT2D eigenvalue weighted by molar-refractivity contribution is 5.75. The molecular formula is C34H55NO3. The first-order chi connectivity index (χ1) is 18.3. The molecule has 0 saturated heterocycles. The van der Waals surface area contributed by atoms with E-state index in [-0.39, 0.29) is 11.5 Å². The minimum Gasteiger partial charge on any atom is -0.508 e. The van der Waals surface area contributed by atoms with Crippen LogP contribution in [0.4, 0.5) is 0 Å². The molecule has 2 fully saturated rings. The number of aryl methyl sites for hydroxylation is 1. The van der Waals surface area contributed by atoms with Gasteiger partial charge in [-0.05, 0) is 97.3 Å². The molecule has 4 heteroatoms. The topological polar surface area (TPSA) is 60.8 Å². The largest absolute Gasteiger partial charge is 0.508 e. The highest BCUT2D eigenvalue weighted by Crippen LogP contribution is 2.63. The number of phenolic OH excluding ortho intramolecular Hbond substituents is 1. The van der Waals surface area contributed by atoms with E-state index in [1.807, 2.05) is 24.1 Å². The molecule has 0 radical (unpaired) electrons. The van der Waals surface area contributed by atoms with Crippen LogP contribution < -0.4 is 0 Å². The monoisotopic (exact) mass is 525 g/mol. The Hall–Kier alpha value is -1.55. The summed E-state index contributed by atoms with van der Waals surface area (Å²) < 4.78 is 0. The van der Waals surface area contributed by atoms with Gasteiger partial charge in [0.25, 0.3) is 0 Å². The minimum atomic E-state index is -0.141. The van der Waals surface area contributed by atoms with Gasteiger partial charge in [-0.2, -0.15) is 0 Å². The zero-order valence-electron chi connectivity index (χ0n) is 24.6. The molecule has 214 valence electrons. The number of benzene rings is 1. The molecule has 1 aromatic rings. The maximum Gasteiger partial charge on any atom is 0.222 e. The third-order valence-corrected chi connectivity index (χ3v) is 10.8. The number of unbranched alkanes of at least 4 members (excludes halogenated alkanes) is 8. The summed E-state index contributed by atoms with van der Waals surface area (Å²) in [4.78, 5) is 14.0. The molecule has 0 bridgehead atoms. The normalized spacial score (nSPS) is 29.9. The molecule has 4 nitrogen and oxygen atoms in total. The number of hydrogen-bond donors (Lipinski definition) is 2. The van der Waals surface area contributed by atoms with Crippen molar-refractivity contribution in [3.8, 4) is 5.75 Å². The number of aliphatic hydroxyl groups excluding tert-OH is 1. The second kappa shape index (κ2) is 13.7. The van der Waals surface area contributed by atoms with Crippen LogP contribution in [0.3, 0.4) is 0 Å². The lowest BCUT2D eigenvalue weighted by molar-refractivity contribution is -0.130. The number of carbonyl (C=O) groups excluding carboxylic acids is 1. The number of hydrogen-bond acceptors (Lipinski definition) is 3. The molecule has 0 aliphatic heterocycles. The van der Waals surface area contributed by atoms with Crippen molar-refractivity contribution >= 4 is 5.91 Å². The number of amides is 1. The van der Waals surface area contributed by atoms with Crippen molar-refractivity contribution in [3.63, 3.8) is 0 Å². The quantitative estimate of drug-likeness (QED) is 0.242. The van der Waals surface area contributed by atoms with E-state index in [2.05, 4.69) is 19.9 Å². The first-order valence-electron chi connectivity index (χ1n) is 16.1. The number of aliphatic hydroxyl groups is 1. The van der Waals surface area contributed by atoms with Crippen molar-refractivity contribution in [2.75, 3.05) is 13.6 Å². The van der Waals surface area contributed by atoms with E-state index in [0.29, 0.717) is 41.7 Å². The van der Waals surface area contributed by atoms with Crippen molar-refractivity contribution < 1.29 is 15.0 Å². The Morgan fingerprint density at radius 1 is 1.03 bits per heavy atom. The van der Waals surface area contributed by atoms with Crippen LogP contribution in [0, 0.1) is 23.2 Å². The van der Waals surface area contributed by atoms with Crippen molar-refractivity contribution in [1.82, 2.24) is 4.90 Å². The molecule has 4 rings (SSSR count). The Kier molecular flexibility index (Phi) is 10.6. The zero-order valence-corrected chi connectivity index (χ0v) is 24.6. The van der Waals surface area contributed by atoms with Gasteiger partial charge in [0.1, 0.15) is 5.75 Å². The Bertz CT molecular complexity index is 900. The van der Waals surface area contributed by atoms with E-state index in [4.69, 9.17) is 0 Å². The second-order valence-electron chi connectivity index (χ2n) is 13.3. The van der Waals surface area contributed by atoms with Gasteiger partial charge in [0, 0.05) is 20.0 Å². The highest BCUT2D eigenvalue weighted by Gasteiger charge is 2.58. The summed E-state index contributed by atoms with van der Waals surface area (Å²) in [7, 11) is 1.94. The number of carbonyl (C=O) groups is 1. The Balaban J connectivity index is 1.15. The number of fused-ring (bicyclic) bond motifs is 5. The molecule has 2 N–H and O–H groups in total. The van der Waals surface area contributed by atoms with E-state index >= 15 is 0 Å². The smallest absolute Gasteiger partial charge is 0.222 e. The summed E-state index contributed by atoms with van der Waals surface area (Å²) in [5.74, 6) is 3.31. The Labute approximate surface area is 232 Å². The molecule has 3 aliphatic carbocycles. The second-order valence-corrected chi connectivity index (χ2v) is 13.3. The summed E-state index contributed by atoms with van der Waals surface area (Å²) in [5.41, 5.74) is 2.93. The van der Waals surface area contributed by atoms with E-state index in [1.54, 1.807) is 0 Å². The standard InChI is InChI=1S/C34H55NO3/c1-4-5-22-35(3)32(38)15-13-11-9-7-6-8-10-12-14-26-24-31(37)34(2)21-20-29-28-19-17-27(36)23-25(28)16-18-30(29)33(26)34/h17,19,23,26,29-31,33,36-37H,4-16,18,20-22,24H2,1-3H3/t26?,29-,30-,31+,33+,34-/m1/s1. The molecule has 0 aromatic heterocycles. The summed E-state index contributed by atoms with van der Waals surface area (Å²) in [5, 5.41) is 21.1. The maximum absolute atomic E-state index is 12.1. The molecule has 2 saturated carbocycles. The van der Waals surface area contributed by atoms with Crippen LogP contribution in [-0.2, 0) is 11.2 Å². The molecule has 0 heterocycles. The third kappa shape index (κ3) is 6.77. The van der Waals surface area contributed by atoms with E-state index < -0.39 is 0 Å². The van der Waals surface area contributed by atoms with Crippen molar-refractivity contribution in [3.05, 3.63) is 29.3 Å². The summed E-state index contributed by atoms with van der Waals surface area (Å²) in [6.07, 6.45) is 19.7. The molecule has 38 heavy (non-hydrogen) atoms. The van der Waals surface area contributed by atoms with Gasteiger partial charge in [-0.1, -0.05) is 77.7 Å². The highest BCUT2D eigenvalue weighted by atomic mass is 16.3. The predicted molar refractivity (Wildman–Crippen MR) is 156 cm³/mol. The van der Waals surface area contributed by atoms with Crippen molar-refractivity contribution in [2.24, 2.45) is 23.2 Å². The predicted octanol–water partition coefficient (Wildman–Crippen LogP) is 7.99. The fourth-order valence-corrected chi connectivity index (χ4v) is 8.58. The first-order valence-corrected chi connectivity index (χ1v) is 16.1. The van der Waals surface area contributed by atoms with E-state index in [1.165, 1.54) is 75.3 Å². The molecule has 1 aromatic carbocycles. The van der Waals surface area contributed by atoms with Crippen molar-refractivity contribution in [1.29, 1.82) is 0 Å². The van der Waals surface area contributed by atoms with Crippen LogP contribution in [0.5, 0.6) is 5.75 Å². The lowest BCUT2D eigenvalue weighted by Crippen LogP contribution is -2.45. The van der Waals surface area contributed by atoms with Crippen LogP contribution in [0.25, 0.3) is 0 Å². The average Bonchev–Trinajstić information content (AvgIpc) is 3.17. The van der Waals surface area contributed by atoms with Gasteiger partial charge in [-0.3, -0.25) is 4.79 Å². The van der Waals surface area contributed by atoms with Gasteiger partial charge < -0.3 is 15.1 Å². The minimum absolute atomic E-state index is 0.0897. The molecule has 0 spiro atoms. The van der Waals surface area contributed by atoms with Gasteiger partial charge in [0.05, 0.1) is 6.10 Å². The Morgan fingerprint density at radius 3 is 2.47 bits per heavy atom. The number of phenols is 1. The lowest BCUT2D eigenvalue weighted by Gasteiger charge is -2.51. The van der Waals surface area contributed by atoms with E-state index in [0.717, 1.165) is 45.1 Å². The molecule has 1 unspecified atom stereocenters. The number of nitrogens with zero attached hydrogens (tertiary/aromatic N) is 1. The average molecular weight is 526 g/mol. The molecular weight excluding hydrogens is 470 g/mol. The maximum atomic E-state index is 12.1. The van der Waals surface area contributed by atoms with E-state index in [9.17, 15) is 15.0 Å². The zero-order chi connectivity index (χ0) is 27.1. The van der Waals surface area contributed by atoms with Gasteiger partial charge >= 0.3 is 0 Å². The SMILES string of the molecule is CCCCN(C)C(=O)CCCCCCCCCCC1C[C@H](O)[C@@]2(C)CC[C@@H]3c4ccc(O)cc4CC[C@H]3[C@H]12. The third-order valence-electron chi connectivity index (χ3n) is 10.8. The molecule has 3 aliphatic rings. The summed E-state index contributed by atoms with van der Waals surface area (Å²) >= 11 is 0. The van der Waals surface area contributed by atoms with Gasteiger partial charge in [-0.25, -0.2) is 0 Å². The first kappa shape index (κ1) is 29.4. The number of rotatable bonds is 14. The fraction of sp³-hybridized carbons (Fsp3) is 0.794. The van der Waals surface area contributed by atoms with Gasteiger partial charge in [0.15, 0.2) is 0 Å². The molecule has 1 amide bonds. The van der Waals surface area contributed by atoms with Crippen LogP contribution >= 0.6 is 0 Å². The molecule has 6 atom stereocenters.